The van der Waals surface area contributed by atoms with Crippen LogP contribution in [0.2, 0.25) is 10.0 Å². The van der Waals surface area contributed by atoms with Gasteiger partial charge in [0.15, 0.2) is 0 Å². The summed E-state index contributed by atoms with van der Waals surface area (Å²) in [5.74, 6) is -0.274. The molecule has 0 aromatic heterocycles. The Morgan fingerprint density at radius 3 is 2.17 bits per heavy atom. The maximum absolute atomic E-state index is 14.7. The predicted octanol–water partition coefficient (Wildman–Crippen LogP) is 7.29. The fraction of sp³-hybridized carbons (Fsp3) is 0.297. The molecule has 2 amide bonds. The summed E-state index contributed by atoms with van der Waals surface area (Å²) in [5.41, 5.74) is 1.83. The number of carbonyl (C=O) groups is 2. The van der Waals surface area contributed by atoms with Gasteiger partial charge in [-0.3, -0.25) is 13.9 Å². The van der Waals surface area contributed by atoms with E-state index in [4.69, 9.17) is 27.9 Å². The van der Waals surface area contributed by atoms with E-state index in [2.05, 4.69) is 5.32 Å². The van der Waals surface area contributed by atoms with Gasteiger partial charge in [-0.1, -0.05) is 78.5 Å². The van der Waals surface area contributed by atoms with Crippen LogP contribution in [0.15, 0.2) is 108 Å². The lowest BCUT2D eigenvalue weighted by molar-refractivity contribution is -0.140. The van der Waals surface area contributed by atoms with Gasteiger partial charge in [0.25, 0.3) is 10.0 Å². The van der Waals surface area contributed by atoms with Gasteiger partial charge in [-0.25, -0.2) is 8.42 Å². The third-order valence-electron chi connectivity index (χ3n) is 8.33. The van der Waals surface area contributed by atoms with Crippen LogP contribution in [0.3, 0.4) is 0 Å². The minimum absolute atomic E-state index is 0.0181. The average molecular weight is 709 g/mol. The van der Waals surface area contributed by atoms with E-state index in [0.29, 0.717) is 28.0 Å². The quantitative estimate of drug-likeness (QED) is 0.149. The summed E-state index contributed by atoms with van der Waals surface area (Å²) in [6.45, 7) is 1.76. The van der Waals surface area contributed by atoms with E-state index >= 15 is 0 Å². The normalized spacial score (nSPS) is 13.9. The number of nitrogens with one attached hydrogen (secondary N) is 1. The molecule has 1 atom stereocenters. The van der Waals surface area contributed by atoms with Crippen molar-refractivity contribution in [3.63, 3.8) is 0 Å². The number of amides is 2. The lowest BCUT2D eigenvalue weighted by atomic mass is 10.0. The molecule has 1 saturated carbocycles. The zero-order valence-electron chi connectivity index (χ0n) is 26.7. The topological polar surface area (TPSA) is 96.0 Å². The number of ether oxygens (including phenoxy) is 1. The highest BCUT2D eigenvalue weighted by Gasteiger charge is 2.35. The van der Waals surface area contributed by atoms with Crippen LogP contribution < -0.4 is 14.4 Å². The van der Waals surface area contributed by atoms with Gasteiger partial charge in [0.05, 0.1) is 17.2 Å². The summed E-state index contributed by atoms with van der Waals surface area (Å²) in [4.78, 5) is 30.2. The highest BCUT2D eigenvalue weighted by molar-refractivity contribution is 7.92. The maximum atomic E-state index is 14.7. The number of nitrogens with zero attached hydrogens (tertiary/aromatic N) is 2. The Hall–Kier alpha value is -4.05. The van der Waals surface area contributed by atoms with E-state index in [9.17, 15) is 18.0 Å². The molecule has 4 aromatic carbocycles. The van der Waals surface area contributed by atoms with Gasteiger partial charge in [-0.15, -0.1) is 0 Å². The number of sulfonamides is 1. The van der Waals surface area contributed by atoms with Crippen LogP contribution in [0.1, 0.15) is 43.7 Å². The molecule has 0 bridgehead atoms. The van der Waals surface area contributed by atoms with Gasteiger partial charge in [0.1, 0.15) is 18.3 Å². The molecule has 11 heteroatoms. The molecular weight excluding hydrogens is 669 g/mol. The SMILES string of the molecule is CCOc1ccc(N(CC(=O)N(Cc2cccc(Cl)c2)[C@@H](Cc2ccccc2)C(=O)NC2CCCC2)S(=O)(=O)c2ccc(Cl)cc2)cc1. The first-order valence-corrected chi connectivity index (χ1v) is 18.2. The van der Waals surface area contributed by atoms with Crippen LogP contribution in [0.4, 0.5) is 5.69 Å². The Bertz CT molecular complexity index is 1780. The first-order chi connectivity index (χ1) is 23.1. The van der Waals surface area contributed by atoms with Crippen LogP contribution >= 0.6 is 23.2 Å². The summed E-state index contributed by atoms with van der Waals surface area (Å²) < 4.78 is 35.1. The zero-order valence-corrected chi connectivity index (χ0v) is 29.1. The molecule has 0 saturated heterocycles. The van der Waals surface area contributed by atoms with Crippen molar-refractivity contribution in [3.05, 3.63) is 124 Å². The first kappa shape index (κ1) is 35.3. The molecule has 5 rings (SSSR count). The molecule has 4 aromatic rings. The minimum Gasteiger partial charge on any atom is -0.494 e. The van der Waals surface area contributed by atoms with Crippen molar-refractivity contribution >= 4 is 50.7 Å². The van der Waals surface area contributed by atoms with Crippen LogP contribution in [0.25, 0.3) is 0 Å². The van der Waals surface area contributed by atoms with Gasteiger partial charge in [0.2, 0.25) is 11.8 Å². The molecule has 1 N–H and O–H groups in total. The zero-order chi connectivity index (χ0) is 34.1. The second-order valence-corrected chi connectivity index (χ2v) is 14.5. The van der Waals surface area contributed by atoms with Gasteiger partial charge >= 0.3 is 0 Å². The summed E-state index contributed by atoms with van der Waals surface area (Å²) in [6.07, 6.45) is 4.03. The number of hydrogen-bond acceptors (Lipinski definition) is 5. The monoisotopic (exact) mass is 707 g/mol. The molecule has 0 heterocycles. The number of benzene rings is 4. The number of rotatable bonds is 14. The molecule has 1 fully saturated rings. The molecule has 0 aliphatic heterocycles. The third-order valence-corrected chi connectivity index (χ3v) is 10.6. The van der Waals surface area contributed by atoms with Crippen LogP contribution in [-0.4, -0.2) is 50.4 Å². The highest BCUT2D eigenvalue weighted by Crippen LogP contribution is 2.28. The summed E-state index contributed by atoms with van der Waals surface area (Å²) in [6, 6.07) is 28.0. The molecule has 1 aliphatic carbocycles. The van der Waals surface area contributed by atoms with Crippen molar-refractivity contribution in [2.75, 3.05) is 17.5 Å². The molecule has 0 spiro atoms. The van der Waals surface area contributed by atoms with E-state index in [1.54, 1.807) is 42.5 Å². The van der Waals surface area contributed by atoms with Gasteiger partial charge in [-0.05, 0) is 91.6 Å². The summed E-state index contributed by atoms with van der Waals surface area (Å²) >= 11 is 12.4. The molecule has 0 radical (unpaired) electrons. The minimum atomic E-state index is -4.26. The molecule has 0 unspecified atom stereocenters. The fourth-order valence-electron chi connectivity index (χ4n) is 5.89. The first-order valence-electron chi connectivity index (χ1n) is 16.0. The van der Waals surface area contributed by atoms with E-state index in [0.717, 1.165) is 35.6 Å². The Kier molecular flexibility index (Phi) is 12.0. The van der Waals surface area contributed by atoms with Crippen molar-refractivity contribution in [1.82, 2.24) is 10.2 Å². The predicted molar refractivity (Wildman–Crippen MR) is 190 cm³/mol. The number of carbonyl (C=O) groups excluding carboxylic acids is 2. The van der Waals surface area contributed by atoms with Crippen molar-refractivity contribution in [3.8, 4) is 5.75 Å². The lowest BCUT2D eigenvalue weighted by Gasteiger charge is -2.34. The fourth-order valence-corrected chi connectivity index (χ4v) is 7.64. The molecule has 252 valence electrons. The highest BCUT2D eigenvalue weighted by atomic mass is 35.5. The van der Waals surface area contributed by atoms with Gasteiger partial charge in [-0.2, -0.15) is 0 Å². The van der Waals surface area contributed by atoms with Crippen LogP contribution in [0, 0.1) is 0 Å². The van der Waals surface area contributed by atoms with Crippen molar-refractivity contribution < 1.29 is 22.7 Å². The van der Waals surface area contributed by atoms with Crippen LogP contribution in [0.5, 0.6) is 5.75 Å². The molecule has 1 aliphatic rings. The van der Waals surface area contributed by atoms with Gasteiger partial charge < -0.3 is 15.0 Å². The van der Waals surface area contributed by atoms with E-state index < -0.39 is 28.5 Å². The van der Waals surface area contributed by atoms with E-state index in [1.807, 2.05) is 43.3 Å². The number of halogens is 2. The third kappa shape index (κ3) is 9.09. The second-order valence-electron chi connectivity index (χ2n) is 11.7. The lowest BCUT2D eigenvalue weighted by Crippen LogP contribution is -2.54. The van der Waals surface area contributed by atoms with Crippen LogP contribution in [-0.2, 0) is 32.6 Å². The van der Waals surface area contributed by atoms with Crippen molar-refractivity contribution in [2.45, 2.75) is 62.6 Å². The van der Waals surface area contributed by atoms with E-state index in [1.165, 1.54) is 29.2 Å². The van der Waals surface area contributed by atoms with Crippen molar-refractivity contribution in [2.24, 2.45) is 0 Å². The molecule has 8 nitrogen and oxygen atoms in total. The Morgan fingerprint density at radius 2 is 1.52 bits per heavy atom. The smallest absolute Gasteiger partial charge is 0.264 e. The Morgan fingerprint density at radius 1 is 0.854 bits per heavy atom. The van der Waals surface area contributed by atoms with Gasteiger partial charge in [0, 0.05) is 29.1 Å². The second kappa shape index (κ2) is 16.4. The molecule has 48 heavy (non-hydrogen) atoms. The standard InChI is InChI=1S/C37H39Cl2N3O5S/c1-2-47-33-19-17-32(18-20-33)42(48(45,46)34-21-15-29(38)16-22-34)26-36(43)41(25-28-11-8-12-30(39)23-28)35(24-27-9-4-3-5-10-27)37(44)40-31-13-6-7-14-31/h3-5,8-12,15-23,31,35H,2,6-7,13-14,24-26H2,1H3,(H,40,44)/t35-/m0/s1. The van der Waals surface area contributed by atoms with E-state index in [-0.39, 0.29) is 35.5 Å². The Balaban J connectivity index is 1.56. The summed E-state index contributed by atoms with van der Waals surface area (Å²) in [7, 11) is -4.26. The Labute approximate surface area is 292 Å². The number of anilines is 1. The van der Waals surface area contributed by atoms with Crippen molar-refractivity contribution in [1.29, 1.82) is 0 Å². The molecular formula is C37H39Cl2N3O5S. The number of hydrogen-bond donors (Lipinski definition) is 1. The largest absolute Gasteiger partial charge is 0.494 e. The maximum Gasteiger partial charge on any atom is 0.264 e. The average Bonchev–Trinajstić information content (AvgIpc) is 3.59. The summed E-state index contributed by atoms with van der Waals surface area (Å²) in [5, 5.41) is 4.04.